The average Bonchev–Trinajstić information content (AvgIpc) is 3.89. The fourth-order valence-corrected chi connectivity index (χ4v) is 9.30. The average molecular weight is 779 g/mol. The summed E-state index contributed by atoms with van der Waals surface area (Å²) in [5.41, 5.74) is 15.6. The van der Waals surface area contributed by atoms with Crippen molar-refractivity contribution < 1.29 is 4.42 Å². The monoisotopic (exact) mass is 778 g/mol. The third-order valence-electron chi connectivity index (χ3n) is 12.2. The van der Waals surface area contributed by atoms with Gasteiger partial charge in [0.25, 0.3) is 0 Å². The number of aromatic nitrogens is 1. The molecule has 0 unspecified atom stereocenters. The van der Waals surface area contributed by atoms with Crippen molar-refractivity contribution in [2.45, 2.75) is 0 Å². The molecule has 0 aliphatic heterocycles. The van der Waals surface area contributed by atoms with E-state index in [1.54, 1.807) is 0 Å². The Morgan fingerprint density at radius 1 is 0.344 bits per heavy atom. The normalized spacial score (nSPS) is 11.6. The molecule has 2 heterocycles. The molecule has 10 aromatic carbocycles. The van der Waals surface area contributed by atoms with Crippen LogP contribution in [0.4, 0.5) is 17.1 Å². The molecule has 0 atom stereocenters. The molecule has 3 heteroatoms. The number of hydrogen-bond acceptors (Lipinski definition) is 2. The molecule has 3 nitrogen and oxygen atoms in total. The quantitative estimate of drug-likeness (QED) is 0.161. The summed E-state index contributed by atoms with van der Waals surface area (Å²) < 4.78 is 9.16. The van der Waals surface area contributed by atoms with Gasteiger partial charge >= 0.3 is 0 Å². The van der Waals surface area contributed by atoms with Crippen molar-refractivity contribution in [3.8, 4) is 39.1 Å². The number of furan rings is 1. The minimum Gasteiger partial charge on any atom is -0.456 e. The summed E-state index contributed by atoms with van der Waals surface area (Å²) in [6.07, 6.45) is 0. The zero-order valence-corrected chi connectivity index (χ0v) is 33.2. The Hall–Kier alpha value is -8.14. The van der Waals surface area contributed by atoms with Gasteiger partial charge in [0.05, 0.1) is 11.0 Å². The van der Waals surface area contributed by atoms with Gasteiger partial charge in [-0.3, -0.25) is 0 Å². The van der Waals surface area contributed by atoms with Crippen molar-refractivity contribution in [2.75, 3.05) is 4.90 Å². The SMILES string of the molecule is c1ccc(-c2ccc(-c3ccc(N(c4ccccc4)c4ccc5c(c4)oc4ccc6ccc(-c7cccc8c9ccccc9n(-c9ccccc9)c78)cc6c45)cc3)cc2)cc1. The van der Waals surface area contributed by atoms with Crippen molar-refractivity contribution in [1.82, 2.24) is 4.57 Å². The Kier molecular flexibility index (Phi) is 8.17. The minimum atomic E-state index is 0.854. The summed E-state index contributed by atoms with van der Waals surface area (Å²) in [4.78, 5) is 2.30. The molecule has 0 amide bonds. The van der Waals surface area contributed by atoms with Crippen molar-refractivity contribution in [3.63, 3.8) is 0 Å². The number of anilines is 3. The van der Waals surface area contributed by atoms with Crippen LogP contribution < -0.4 is 4.90 Å². The van der Waals surface area contributed by atoms with Gasteiger partial charge in [-0.05, 0) is 105 Å². The highest BCUT2D eigenvalue weighted by molar-refractivity contribution is 6.20. The zero-order valence-electron chi connectivity index (χ0n) is 33.2. The first-order chi connectivity index (χ1) is 30.2. The van der Waals surface area contributed by atoms with Gasteiger partial charge in [0.2, 0.25) is 0 Å². The predicted molar refractivity (Wildman–Crippen MR) is 257 cm³/mol. The van der Waals surface area contributed by atoms with Crippen LogP contribution in [-0.2, 0) is 0 Å². The number of hydrogen-bond donors (Lipinski definition) is 0. The van der Waals surface area contributed by atoms with E-state index in [-0.39, 0.29) is 0 Å². The van der Waals surface area contributed by atoms with Crippen LogP contribution in [0.5, 0.6) is 0 Å². The van der Waals surface area contributed by atoms with E-state index in [1.165, 1.54) is 66.0 Å². The molecule has 0 aliphatic rings. The molecular weight excluding hydrogens is 741 g/mol. The summed E-state index contributed by atoms with van der Waals surface area (Å²) in [5, 5.41) is 7.07. The molecule has 12 rings (SSSR count). The molecule has 0 radical (unpaired) electrons. The second kappa shape index (κ2) is 14.3. The van der Waals surface area contributed by atoms with E-state index in [0.717, 1.165) is 44.7 Å². The summed E-state index contributed by atoms with van der Waals surface area (Å²) in [7, 11) is 0. The van der Waals surface area contributed by atoms with Crippen molar-refractivity contribution >= 4 is 71.6 Å². The van der Waals surface area contributed by atoms with Gasteiger partial charge in [-0.25, -0.2) is 0 Å². The zero-order chi connectivity index (χ0) is 40.3. The lowest BCUT2D eigenvalue weighted by Crippen LogP contribution is -2.09. The molecule has 12 aromatic rings. The predicted octanol–water partition coefficient (Wildman–Crippen LogP) is 16.3. The standard InChI is InChI=1S/C58H38N2O/c1-4-13-39(14-5-1)40-23-25-41(26-24-40)42-29-32-47(33-30-42)59(45-15-6-2-7-16-45)48-34-35-52-56(38-48)61-55-36-31-43-27-28-44(37-53(43)57(52)55)49-20-12-21-51-50-19-10-11-22-54(50)60(58(49)51)46-17-8-3-9-18-46/h1-38H. The Morgan fingerprint density at radius 2 is 0.918 bits per heavy atom. The molecule has 0 aliphatic carbocycles. The van der Waals surface area contributed by atoms with E-state index >= 15 is 0 Å². The van der Waals surface area contributed by atoms with Gasteiger partial charge in [0.1, 0.15) is 11.2 Å². The van der Waals surface area contributed by atoms with Gasteiger partial charge in [0.15, 0.2) is 0 Å². The van der Waals surface area contributed by atoms with E-state index in [9.17, 15) is 0 Å². The molecule has 0 saturated heterocycles. The summed E-state index contributed by atoms with van der Waals surface area (Å²) in [6, 6.07) is 82.7. The van der Waals surface area contributed by atoms with E-state index in [2.05, 4.69) is 240 Å². The van der Waals surface area contributed by atoms with E-state index < -0.39 is 0 Å². The maximum absolute atomic E-state index is 6.74. The molecule has 2 aromatic heterocycles. The molecule has 0 spiro atoms. The lowest BCUT2D eigenvalue weighted by molar-refractivity contribution is 0.669. The molecular formula is C58H38N2O. The molecule has 0 N–H and O–H groups in total. The van der Waals surface area contributed by atoms with Crippen LogP contribution in [0, 0.1) is 0 Å². The third-order valence-corrected chi connectivity index (χ3v) is 12.2. The number of nitrogens with zero attached hydrogens (tertiary/aromatic N) is 2. The second-order valence-electron chi connectivity index (χ2n) is 15.7. The van der Waals surface area contributed by atoms with Gasteiger partial charge in [-0.1, -0.05) is 158 Å². The largest absolute Gasteiger partial charge is 0.456 e. The minimum absolute atomic E-state index is 0.854. The first-order valence-electron chi connectivity index (χ1n) is 20.8. The third kappa shape index (κ3) is 5.90. The Balaban J connectivity index is 0.958. The molecule has 0 bridgehead atoms. The Bertz CT molecular complexity index is 3550. The fraction of sp³-hybridized carbons (Fsp3) is 0. The van der Waals surface area contributed by atoms with Gasteiger partial charge in [-0.2, -0.15) is 0 Å². The summed E-state index contributed by atoms with van der Waals surface area (Å²) in [5.74, 6) is 0. The summed E-state index contributed by atoms with van der Waals surface area (Å²) >= 11 is 0. The Labute approximate surface area is 353 Å². The van der Waals surface area contributed by atoms with Crippen LogP contribution in [0.3, 0.4) is 0 Å². The second-order valence-corrected chi connectivity index (χ2v) is 15.7. The Morgan fingerprint density at radius 3 is 1.67 bits per heavy atom. The van der Waals surface area contributed by atoms with Crippen LogP contribution in [0.25, 0.3) is 93.6 Å². The number of benzene rings is 10. The van der Waals surface area contributed by atoms with Gasteiger partial charge in [0, 0.05) is 55.9 Å². The van der Waals surface area contributed by atoms with Crippen LogP contribution in [0.2, 0.25) is 0 Å². The number of fused-ring (bicyclic) bond motifs is 8. The molecule has 61 heavy (non-hydrogen) atoms. The smallest absolute Gasteiger partial charge is 0.137 e. The van der Waals surface area contributed by atoms with Crippen molar-refractivity contribution in [1.29, 1.82) is 0 Å². The van der Waals surface area contributed by atoms with Crippen LogP contribution in [0.15, 0.2) is 235 Å². The first-order valence-corrected chi connectivity index (χ1v) is 20.8. The van der Waals surface area contributed by atoms with E-state index in [0.29, 0.717) is 0 Å². The molecule has 0 saturated carbocycles. The highest BCUT2D eigenvalue weighted by Crippen LogP contribution is 2.43. The first kappa shape index (κ1) is 34.9. The van der Waals surface area contributed by atoms with Crippen LogP contribution >= 0.6 is 0 Å². The highest BCUT2D eigenvalue weighted by atomic mass is 16.3. The van der Waals surface area contributed by atoms with Gasteiger partial charge < -0.3 is 13.9 Å². The van der Waals surface area contributed by atoms with Crippen LogP contribution in [0.1, 0.15) is 0 Å². The maximum atomic E-state index is 6.74. The number of para-hydroxylation sites is 4. The lowest BCUT2D eigenvalue weighted by atomic mass is 9.96. The molecule has 286 valence electrons. The number of rotatable bonds is 7. The fourth-order valence-electron chi connectivity index (χ4n) is 9.30. The summed E-state index contributed by atoms with van der Waals surface area (Å²) in [6.45, 7) is 0. The van der Waals surface area contributed by atoms with E-state index in [4.69, 9.17) is 4.42 Å². The van der Waals surface area contributed by atoms with Crippen molar-refractivity contribution in [2.24, 2.45) is 0 Å². The van der Waals surface area contributed by atoms with Crippen LogP contribution in [-0.4, -0.2) is 4.57 Å². The maximum Gasteiger partial charge on any atom is 0.137 e. The highest BCUT2D eigenvalue weighted by Gasteiger charge is 2.19. The van der Waals surface area contributed by atoms with Gasteiger partial charge in [-0.15, -0.1) is 0 Å². The molecule has 0 fully saturated rings. The van der Waals surface area contributed by atoms with Crippen molar-refractivity contribution in [3.05, 3.63) is 231 Å². The lowest BCUT2D eigenvalue weighted by Gasteiger charge is -2.25. The topological polar surface area (TPSA) is 21.3 Å². The van der Waals surface area contributed by atoms with E-state index in [1.807, 2.05) is 0 Å².